The van der Waals surface area contributed by atoms with Crippen LogP contribution in [0, 0.1) is 0 Å². The number of ether oxygens (including phenoxy) is 2. The minimum atomic E-state index is -2.70. The van der Waals surface area contributed by atoms with Crippen molar-refractivity contribution in [3.05, 3.63) is 42.1 Å². The SMILES string of the molecule is O/N=C1\C[C@@H](Sc2nc(-c3ccccc3)cc(C(F)F)n2)[C@@H]2CO[C@H]1O2. The number of hydrogen-bond acceptors (Lipinski definition) is 7. The molecule has 0 aliphatic carbocycles. The molecule has 1 aromatic carbocycles. The Kier molecular flexibility index (Phi) is 4.84. The van der Waals surface area contributed by atoms with Gasteiger partial charge in [-0.05, 0) is 6.07 Å². The Hall–Kier alpha value is -2.10. The third-order valence-electron chi connectivity index (χ3n) is 4.21. The molecule has 6 nitrogen and oxygen atoms in total. The number of benzene rings is 1. The normalized spacial score (nSPS) is 26.6. The number of rotatable bonds is 4. The van der Waals surface area contributed by atoms with E-state index in [0.717, 1.165) is 5.56 Å². The van der Waals surface area contributed by atoms with Crippen LogP contribution in [0.5, 0.6) is 0 Å². The van der Waals surface area contributed by atoms with Crippen LogP contribution in [0.1, 0.15) is 18.5 Å². The number of hydrogen-bond donors (Lipinski definition) is 1. The van der Waals surface area contributed by atoms with Crippen LogP contribution in [0.25, 0.3) is 11.3 Å². The Morgan fingerprint density at radius 3 is 2.77 bits per heavy atom. The molecule has 0 unspecified atom stereocenters. The van der Waals surface area contributed by atoms with Gasteiger partial charge in [0, 0.05) is 17.2 Å². The Balaban J connectivity index is 1.64. The van der Waals surface area contributed by atoms with E-state index in [2.05, 4.69) is 15.1 Å². The van der Waals surface area contributed by atoms with E-state index in [1.54, 1.807) is 0 Å². The second kappa shape index (κ2) is 7.26. The van der Waals surface area contributed by atoms with E-state index in [4.69, 9.17) is 14.7 Å². The molecule has 136 valence electrons. The van der Waals surface area contributed by atoms with Crippen LogP contribution >= 0.6 is 11.8 Å². The number of oxime groups is 1. The molecular formula is C17H15F2N3O3S. The summed E-state index contributed by atoms with van der Waals surface area (Å²) in [6, 6.07) is 10.4. The smallest absolute Gasteiger partial charge is 0.280 e. The zero-order chi connectivity index (χ0) is 18.1. The number of nitrogens with zero attached hydrogens (tertiary/aromatic N) is 3. The van der Waals surface area contributed by atoms with Crippen molar-refractivity contribution in [1.82, 2.24) is 9.97 Å². The monoisotopic (exact) mass is 379 g/mol. The summed E-state index contributed by atoms with van der Waals surface area (Å²) in [5.41, 5.74) is 1.23. The fourth-order valence-electron chi connectivity index (χ4n) is 2.93. The van der Waals surface area contributed by atoms with Crippen LogP contribution in [-0.4, -0.2) is 45.1 Å². The molecule has 1 aromatic heterocycles. The van der Waals surface area contributed by atoms with Crippen LogP contribution in [0.3, 0.4) is 0 Å². The summed E-state index contributed by atoms with van der Waals surface area (Å²) >= 11 is 1.23. The van der Waals surface area contributed by atoms with Crippen LogP contribution in [-0.2, 0) is 9.47 Å². The van der Waals surface area contributed by atoms with Crippen molar-refractivity contribution in [2.75, 3.05) is 6.61 Å². The Morgan fingerprint density at radius 2 is 2.04 bits per heavy atom. The van der Waals surface area contributed by atoms with Gasteiger partial charge in [-0.2, -0.15) is 0 Å². The van der Waals surface area contributed by atoms with Crippen molar-refractivity contribution in [3.8, 4) is 11.3 Å². The molecule has 0 spiro atoms. The van der Waals surface area contributed by atoms with Gasteiger partial charge in [-0.15, -0.1) is 0 Å². The van der Waals surface area contributed by atoms with Crippen LogP contribution in [0.4, 0.5) is 8.78 Å². The van der Waals surface area contributed by atoms with Gasteiger partial charge >= 0.3 is 0 Å². The van der Waals surface area contributed by atoms with Gasteiger partial charge in [0.05, 0.1) is 18.4 Å². The van der Waals surface area contributed by atoms with Crippen molar-refractivity contribution in [1.29, 1.82) is 0 Å². The van der Waals surface area contributed by atoms with Crippen molar-refractivity contribution in [2.24, 2.45) is 5.16 Å². The molecule has 2 aliphatic heterocycles. The van der Waals surface area contributed by atoms with Crippen LogP contribution < -0.4 is 0 Å². The molecule has 2 saturated heterocycles. The second-order valence-electron chi connectivity index (χ2n) is 5.92. The van der Waals surface area contributed by atoms with Gasteiger partial charge in [0.2, 0.25) is 6.29 Å². The lowest BCUT2D eigenvalue weighted by molar-refractivity contribution is -0.0169. The van der Waals surface area contributed by atoms with E-state index in [1.807, 2.05) is 30.3 Å². The number of alkyl halides is 2. The van der Waals surface area contributed by atoms with Gasteiger partial charge < -0.3 is 14.7 Å². The maximum atomic E-state index is 13.3. The largest absolute Gasteiger partial charge is 0.411 e. The van der Waals surface area contributed by atoms with Gasteiger partial charge in [-0.1, -0.05) is 47.2 Å². The Labute approximate surface area is 152 Å². The molecule has 3 heterocycles. The van der Waals surface area contributed by atoms with Gasteiger partial charge in [0.1, 0.15) is 11.4 Å². The average Bonchev–Trinajstić information content (AvgIpc) is 3.09. The first kappa shape index (κ1) is 17.3. The van der Waals surface area contributed by atoms with Crippen molar-refractivity contribution in [2.45, 2.75) is 35.6 Å². The molecule has 2 fully saturated rings. The first-order valence-electron chi connectivity index (χ1n) is 8.01. The molecule has 2 aromatic rings. The minimum Gasteiger partial charge on any atom is -0.411 e. The highest BCUT2D eigenvalue weighted by Crippen LogP contribution is 2.37. The number of aromatic nitrogens is 2. The number of thioether (sulfide) groups is 1. The lowest BCUT2D eigenvalue weighted by Crippen LogP contribution is -2.37. The molecule has 0 amide bonds. The Morgan fingerprint density at radius 1 is 1.23 bits per heavy atom. The highest BCUT2D eigenvalue weighted by Gasteiger charge is 2.43. The van der Waals surface area contributed by atoms with E-state index in [9.17, 15) is 8.78 Å². The predicted molar refractivity (Wildman–Crippen MR) is 90.5 cm³/mol. The Bertz CT molecular complexity index is 822. The number of fused-ring (bicyclic) bond motifs is 2. The van der Waals surface area contributed by atoms with Gasteiger partial charge in [0.15, 0.2) is 5.16 Å². The number of halogens is 2. The lowest BCUT2D eigenvalue weighted by Gasteiger charge is -2.26. The molecule has 1 N–H and O–H groups in total. The highest BCUT2D eigenvalue weighted by atomic mass is 32.2. The maximum absolute atomic E-state index is 13.3. The molecule has 0 saturated carbocycles. The predicted octanol–water partition coefficient (Wildman–Crippen LogP) is 3.52. The zero-order valence-electron chi connectivity index (χ0n) is 13.5. The van der Waals surface area contributed by atoms with E-state index >= 15 is 0 Å². The second-order valence-corrected chi connectivity index (χ2v) is 7.13. The van der Waals surface area contributed by atoms with Crippen LogP contribution in [0.2, 0.25) is 0 Å². The van der Waals surface area contributed by atoms with Gasteiger partial charge in [-0.25, -0.2) is 18.7 Å². The topological polar surface area (TPSA) is 76.8 Å². The fourth-order valence-corrected chi connectivity index (χ4v) is 4.06. The van der Waals surface area contributed by atoms with E-state index in [-0.39, 0.29) is 22.2 Å². The van der Waals surface area contributed by atoms with Gasteiger partial charge in [0.25, 0.3) is 6.43 Å². The third kappa shape index (κ3) is 3.42. The molecule has 2 bridgehead atoms. The minimum absolute atomic E-state index is 0.184. The molecule has 26 heavy (non-hydrogen) atoms. The van der Waals surface area contributed by atoms with Crippen molar-refractivity contribution >= 4 is 17.5 Å². The summed E-state index contributed by atoms with van der Waals surface area (Å²) in [7, 11) is 0. The standard InChI is InChI=1S/C17H15F2N3O3S/c18-15(19)11-6-10(9-4-2-1-3-5-9)20-17(21-11)26-14-7-12(22-23)16-24-8-13(14)25-16/h1-6,13-16,23H,7-8H2/b22-12+/t13-,14+,16-/m0/s1. The molecular weight excluding hydrogens is 364 g/mol. The summed E-state index contributed by atoms with van der Waals surface area (Å²) in [6.07, 6.45) is -3.14. The van der Waals surface area contributed by atoms with E-state index < -0.39 is 12.7 Å². The molecule has 4 rings (SSSR count). The molecule has 0 radical (unpaired) electrons. The summed E-state index contributed by atoms with van der Waals surface area (Å²) in [5.74, 6) is 0. The highest BCUT2D eigenvalue weighted by molar-refractivity contribution is 7.99. The average molecular weight is 379 g/mol. The quantitative estimate of drug-likeness (QED) is 0.498. The summed E-state index contributed by atoms with van der Waals surface area (Å²) < 4.78 is 37.6. The molecule has 3 atom stereocenters. The summed E-state index contributed by atoms with van der Waals surface area (Å²) in [4.78, 5) is 8.42. The van der Waals surface area contributed by atoms with Crippen LogP contribution in [0.15, 0.2) is 46.7 Å². The van der Waals surface area contributed by atoms with Crippen molar-refractivity contribution in [3.63, 3.8) is 0 Å². The van der Waals surface area contributed by atoms with E-state index in [1.165, 1.54) is 17.8 Å². The van der Waals surface area contributed by atoms with Crippen molar-refractivity contribution < 1.29 is 23.5 Å². The summed E-state index contributed by atoms with van der Waals surface area (Å²) in [5, 5.41) is 12.4. The molecule has 9 heteroatoms. The zero-order valence-corrected chi connectivity index (χ0v) is 14.3. The molecule has 2 aliphatic rings. The fraction of sp³-hybridized carbons (Fsp3) is 0.353. The third-order valence-corrected chi connectivity index (χ3v) is 5.38. The lowest BCUT2D eigenvalue weighted by atomic mass is 10.1. The first-order chi connectivity index (χ1) is 12.6. The van der Waals surface area contributed by atoms with E-state index in [0.29, 0.717) is 24.4 Å². The maximum Gasteiger partial charge on any atom is 0.280 e. The summed E-state index contributed by atoms with van der Waals surface area (Å²) in [6.45, 7) is 0.349. The van der Waals surface area contributed by atoms with Gasteiger partial charge in [-0.3, -0.25) is 0 Å². The first-order valence-corrected chi connectivity index (χ1v) is 8.89.